The first kappa shape index (κ1) is 13.9. The molecule has 0 aliphatic carbocycles. The summed E-state index contributed by atoms with van der Waals surface area (Å²) in [5.41, 5.74) is -0.544. The maximum absolute atomic E-state index is 9.93. The topological polar surface area (TPSA) is 41.5 Å². The minimum atomic E-state index is -0.544. The van der Waals surface area contributed by atoms with Gasteiger partial charge in [0.1, 0.15) is 0 Å². The highest BCUT2D eigenvalue weighted by Gasteiger charge is 2.20. The van der Waals surface area contributed by atoms with E-state index in [1.54, 1.807) is 0 Å². The average molecular weight is 203 g/mol. The summed E-state index contributed by atoms with van der Waals surface area (Å²) < 4.78 is 5.38. The second-order valence-electron chi connectivity index (χ2n) is 4.03. The van der Waals surface area contributed by atoms with Gasteiger partial charge in [0.05, 0.1) is 18.3 Å². The summed E-state index contributed by atoms with van der Waals surface area (Å²) in [5, 5.41) is 13.1. The number of ether oxygens (including phenoxy) is 1. The van der Waals surface area contributed by atoms with E-state index in [0.29, 0.717) is 13.2 Å². The van der Waals surface area contributed by atoms with Crippen molar-refractivity contribution in [3.05, 3.63) is 0 Å². The second kappa shape index (κ2) is 7.21. The molecule has 0 saturated heterocycles. The summed E-state index contributed by atoms with van der Waals surface area (Å²) in [6, 6.07) is 0. The van der Waals surface area contributed by atoms with Crippen LogP contribution >= 0.6 is 0 Å². The van der Waals surface area contributed by atoms with E-state index in [0.717, 1.165) is 19.4 Å². The minimum Gasteiger partial charge on any atom is -0.389 e. The Morgan fingerprint density at radius 1 is 1.29 bits per heavy atom. The predicted octanol–water partition coefficient (Wildman–Crippen LogP) is 1.55. The largest absolute Gasteiger partial charge is 0.389 e. The van der Waals surface area contributed by atoms with Gasteiger partial charge in [-0.15, -0.1) is 0 Å². The lowest BCUT2D eigenvalue weighted by Gasteiger charge is -2.25. The minimum absolute atomic E-state index is 0.285. The van der Waals surface area contributed by atoms with E-state index in [4.69, 9.17) is 4.74 Å². The van der Waals surface area contributed by atoms with Crippen LogP contribution in [0.2, 0.25) is 0 Å². The lowest BCUT2D eigenvalue weighted by atomic mass is 9.98. The van der Waals surface area contributed by atoms with Crippen LogP contribution in [0.15, 0.2) is 0 Å². The highest BCUT2D eigenvalue weighted by Crippen LogP contribution is 2.12. The Morgan fingerprint density at radius 3 is 2.29 bits per heavy atom. The monoisotopic (exact) mass is 203 g/mol. The van der Waals surface area contributed by atoms with Crippen LogP contribution in [0.5, 0.6) is 0 Å². The number of hydrogen-bond acceptors (Lipinski definition) is 3. The highest BCUT2D eigenvalue weighted by atomic mass is 16.5. The number of aliphatic hydroxyl groups is 1. The molecule has 3 nitrogen and oxygen atoms in total. The Bertz CT molecular complexity index is 133. The molecule has 0 amide bonds. The molecule has 0 bridgehead atoms. The van der Waals surface area contributed by atoms with Crippen molar-refractivity contribution in [2.24, 2.45) is 0 Å². The van der Waals surface area contributed by atoms with E-state index in [9.17, 15) is 5.11 Å². The standard InChI is InChI=1S/C11H25NO2/c1-5-11(13,6-2)9-12-7-8-14-10(3)4/h10,12-13H,5-9H2,1-4H3. The smallest absolute Gasteiger partial charge is 0.0766 e. The second-order valence-corrected chi connectivity index (χ2v) is 4.03. The van der Waals surface area contributed by atoms with Crippen molar-refractivity contribution < 1.29 is 9.84 Å². The molecule has 0 atom stereocenters. The van der Waals surface area contributed by atoms with Gasteiger partial charge >= 0.3 is 0 Å². The molecule has 0 radical (unpaired) electrons. The summed E-state index contributed by atoms with van der Waals surface area (Å²) in [4.78, 5) is 0. The quantitative estimate of drug-likeness (QED) is 0.588. The van der Waals surface area contributed by atoms with Crippen LogP contribution in [-0.2, 0) is 4.74 Å². The predicted molar refractivity (Wildman–Crippen MR) is 59.5 cm³/mol. The van der Waals surface area contributed by atoms with Crippen molar-refractivity contribution in [1.82, 2.24) is 5.32 Å². The third kappa shape index (κ3) is 6.35. The number of nitrogens with one attached hydrogen (secondary N) is 1. The van der Waals surface area contributed by atoms with Gasteiger partial charge in [-0.2, -0.15) is 0 Å². The van der Waals surface area contributed by atoms with E-state index in [2.05, 4.69) is 5.32 Å². The molecular formula is C11H25NO2. The van der Waals surface area contributed by atoms with Gasteiger partial charge in [0.25, 0.3) is 0 Å². The molecule has 0 rings (SSSR count). The van der Waals surface area contributed by atoms with Crippen molar-refractivity contribution in [3.63, 3.8) is 0 Å². The highest BCUT2D eigenvalue weighted by molar-refractivity contribution is 4.77. The summed E-state index contributed by atoms with van der Waals surface area (Å²) in [5.74, 6) is 0. The number of hydrogen-bond donors (Lipinski definition) is 2. The van der Waals surface area contributed by atoms with Crippen molar-refractivity contribution in [1.29, 1.82) is 0 Å². The molecule has 3 heteroatoms. The molecule has 86 valence electrons. The normalized spacial score (nSPS) is 12.4. The molecule has 0 fully saturated rings. The van der Waals surface area contributed by atoms with Gasteiger partial charge in [-0.05, 0) is 26.7 Å². The molecule has 0 aliphatic heterocycles. The molecule has 0 aromatic rings. The molecule has 0 aromatic carbocycles. The Kier molecular flexibility index (Phi) is 7.15. The fraction of sp³-hybridized carbons (Fsp3) is 1.00. The molecule has 0 saturated carbocycles. The van der Waals surface area contributed by atoms with Crippen LogP contribution in [0, 0.1) is 0 Å². The van der Waals surface area contributed by atoms with Gasteiger partial charge in [0.15, 0.2) is 0 Å². The van der Waals surface area contributed by atoms with E-state index >= 15 is 0 Å². The Balaban J connectivity index is 3.43. The van der Waals surface area contributed by atoms with Gasteiger partial charge in [0.2, 0.25) is 0 Å². The zero-order chi connectivity index (χ0) is 11.0. The Hall–Kier alpha value is -0.120. The van der Waals surface area contributed by atoms with E-state index in [-0.39, 0.29) is 6.10 Å². The van der Waals surface area contributed by atoms with Crippen LogP contribution in [0.3, 0.4) is 0 Å². The summed E-state index contributed by atoms with van der Waals surface area (Å²) in [6.45, 7) is 10.2. The van der Waals surface area contributed by atoms with Crippen LogP contribution < -0.4 is 5.32 Å². The Morgan fingerprint density at radius 2 is 1.86 bits per heavy atom. The first-order valence-corrected chi connectivity index (χ1v) is 5.58. The molecule has 0 aromatic heterocycles. The number of rotatable bonds is 8. The first-order valence-electron chi connectivity index (χ1n) is 5.58. The maximum Gasteiger partial charge on any atom is 0.0766 e. The van der Waals surface area contributed by atoms with Crippen molar-refractivity contribution in [2.45, 2.75) is 52.2 Å². The maximum atomic E-state index is 9.93. The molecule has 0 unspecified atom stereocenters. The first-order chi connectivity index (χ1) is 6.54. The van der Waals surface area contributed by atoms with Gasteiger partial charge in [-0.25, -0.2) is 0 Å². The van der Waals surface area contributed by atoms with Gasteiger partial charge in [-0.1, -0.05) is 13.8 Å². The van der Waals surface area contributed by atoms with Crippen LogP contribution in [0.25, 0.3) is 0 Å². The zero-order valence-corrected chi connectivity index (χ0v) is 9.97. The molecule has 0 heterocycles. The molecule has 0 aliphatic rings. The van der Waals surface area contributed by atoms with E-state index in [1.165, 1.54) is 0 Å². The SMILES string of the molecule is CCC(O)(CC)CNCCOC(C)C. The summed E-state index contributed by atoms with van der Waals surface area (Å²) >= 11 is 0. The third-order valence-corrected chi connectivity index (χ3v) is 2.50. The van der Waals surface area contributed by atoms with Crippen molar-refractivity contribution in [2.75, 3.05) is 19.7 Å². The molecule has 2 N–H and O–H groups in total. The van der Waals surface area contributed by atoms with Gasteiger partial charge in [0, 0.05) is 13.1 Å². The van der Waals surface area contributed by atoms with Crippen LogP contribution in [0.1, 0.15) is 40.5 Å². The van der Waals surface area contributed by atoms with Gasteiger partial charge in [-0.3, -0.25) is 0 Å². The average Bonchev–Trinajstić information content (AvgIpc) is 2.16. The summed E-state index contributed by atoms with van der Waals surface area (Å²) in [6.07, 6.45) is 1.87. The van der Waals surface area contributed by atoms with Gasteiger partial charge < -0.3 is 15.2 Å². The Labute approximate surface area is 87.8 Å². The lowest BCUT2D eigenvalue weighted by molar-refractivity contribution is 0.0277. The van der Waals surface area contributed by atoms with E-state index < -0.39 is 5.60 Å². The molecule has 14 heavy (non-hydrogen) atoms. The summed E-state index contributed by atoms with van der Waals surface area (Å²) in [7, 11) is 0. The molecular weight excluding hydrogens is 178 g/mol. The lowest BCUT2D eigenvalue weighted by Crippen LogP contribution is -2.40. The van der Waals surface area contributed by atoms with Crippen molar-refractivity contribution >= 4 is 0 Å². The zero-order valence-electron chi connectivity index (χ0n) is 9.97. The fourth-order valence-electron chi connectivity index (χ4n) is 1.19. The molecule has 0 spiro atoms. The fourth-order valence-corrected chi connectivity index (χ4v) is 1.19. The van der Waals surface area contributed by atoms with Crippen molar-refractivity contribution in [3.8, 4) is 0 Å². The third-order valence-electron chi connectivity index (χ3n) is 2.50. The van der Waals surface area contributed by atoms with E-state index in [1.807, 2.05) is 27.7 Å². The van der Waals surface area contributed by atoms with Crippen LogP contribution in [-0.4, -0.2) is 36.5 Å². The van der Waals surface area contributed by atoms with Crippen LogP contribution in [0.4, 0.5) is 0 Å².